The van der Waals surface area contributed by atoms with Gasteiger partial charge in [0.1, 0.15) is 5.75 Å². The third kappa shape index (κ3) is 7.24. The molecule has 0 N–H and O–H groups in total. The molecule has 0 radical (unpaired) electrons. The lowest BCUT2D eigenvalue weighted by Crippen LogP contribution is -2.25. The van der Waals surface area contributed by atoms with Crippen LogP contribution in [-0.2, 0) is 34.0 Å². The van der Waals surface area contributed by atoms with E-state index < -0.39 is 0 Å². The Kier molecular flexibility index (Phi) is 8.63. The summed E-state index contributed by atoms with van der Waals surface area (Å²) in [6, 6.07) is 15.1. The van der Waals surface area contributed by atoms with E-state index in [4.69, 9.17) is 18.9 Å². The van der Waals surface area contributed by atoms with E-state index in [2.05, 4.69) is 4.98 Å². The summed E-state index contributed by atoms with van der Waals surface area (Å²) >= 11 is 0. The van der Waals surface area contributed by atoms with Crippen LogP contribution in [0.2, 0.25) is 0 Å². The van der Waals surface area contributed by atoms with Gasteiger partial charge >= 0.3 is 5.97 Å². The zero-order valence-electron chi connectivity index (χ0n) is 17.9. The molecule has 1 aromatic heterocycles. The summed E-state index contributed by atoms with van der Waals surface area (Å²) in [4.78, 5) is 16.1. The Labute approximate surface area is 182 Å². The van der Waals surface area contributed by atoms with Crippen molar-refractivity contribution >= 4 is 5.97 Å². The summed E-state index contributed by atoms with van der Waals surface area (Å²) in [6.45, 7) is 4.00. The number of carbonyl (C=O) groups is 1. The number of benzene rings is 2. The highest BCUT2D eigenvalue weighted by atomic mass is 16.5. The predicted molar refractivity (Wildman–Crippen MR) is 116 cm³/mol. The molecule has 31 heavy (non-hydrogen) atoms. The Morgan fingerprint density at radius 2 is 1.94 bits per heavy atom. The fourth-order valence-corrected chi connectivity index (χ4v) is 3.03. The van der Waals surface area contributed by atoms with Gasteiger partial charge in [-0.1, -0.05) is 24.3 Å². The predicted octanol–water partition coefficient (Wildman–Crippen LogP) is 3.87. The minimum atomic E-state index is -0.331. The average Bonchev–Trinajstić information content (AvgIpc) is 3.31. The van der Waals surface area contributed by atoms with Crippen LogP contribution in [-0.4, -0.2) is 41.9 Å². The number of hydrogen-bond acceptors (Lipinski definition) is 6. The zero-order valence-corrected chi connectivity index (χ0v) is 17.9. The lowest BCUT2D eigenvalue weighted by atomic mass is 10.1. The molecule has 0 amide bonds. The fourth-order valence-electron chi connectivity index (χ4n) is 3.03. The minimum Gasteiger partial charge on any atom is -0.497 e. The molecule has 7 heteroatoms. The maximum absolute atomic E-state index is 12.0. The molecule has 0 saturated heterocycles. The quantitative estimate of drug-likeness (QED) is 0.411. The maximum atomic E-state index is 12.0. The SMILES string of the molecule is CCOC(=O)c1cccc(COC(COCc2ccc(OC)cc2)Cn2ccnc2)c1. The number of rotatable bonds is 12. The van der Waals surface area contributed by atoms with Crippen molar-refractivity contribution in [3.63, 3.8) is 0 Å². The van der Waals surface area contributed by atoms with E-state index in [1.165, 1.54) is 0 Å². The average molecular weight is 424 g/mol. The molecule has 2 aromatic carbocycles. The Morgan fingerprint density at radius 3 is 2.65 bits per heavy atom. The number of aromatic nitrogens is 2. The Morgan fingerprint density at radius 1 is 1.10 bits per heavy atom. The molecule has 1 unspecified atom stereocenters. The van der Waals surface area contributed by atoms with Gasteiger partial charge in [-0.25, -0.2) is 9.78 Å². The number of esters is 1. The van der Waals surface area contributed by atoms with Crippen molar-refractivity contribution in [2.24, 2.45) is 0 Å². The van der Waals surface area contributed by atoms with Crippen molar-refractivity contribution in [1.29, 1.82) is 0 Å². The summed E-state index contributed by atoms with van der Waals surface area (Å²) in [5, 5.41) is 0. The molecule has 0 aliphatic carbocycles. The highest BCUT2D eigenvalue weighted by molar-refractivity contribution is 5.89. The van der Waals surface area contributed by atoms with Crippen LogP contribution in [0, 0.1) is 0 Å². The van der Waals surface area contributed by atoms with Crippen molar-refractivity contribution in [3.05, 3.63) is 83.9 Å². The number of ether oxygens (including phenoxy) is 4. The normalized spacial score (nSPS) is 11.8. The lowest BCUT2D eigenvalue weighted by Gasteiger charge is -2.19. The summed E-state index contributed by atoms with van der Waals surface area (Å²) in [5.74, 6) is 0.484. The van der Waals surface area contributed by atoms with Crippen LogP contribution in [0.15, 0.2) is 67.3 Å². The van der Waals surface area contributed by atoms with Gasteiger partial charge in [0, 0.05) is 12.4 Å². The largest absolute Gasteiger partial charge is 0.497 e. The molecule has 0 bridgehead atoms. The molecule has 1 heterocycles. The van der Waals surface area contributed by atoms with Crippen LogP contribution in [0.4, 0.5) is 0 Å². The summed E-state index contributed by atoms with van der Waals surface area (Å²) in [6.07, 6.45) is 5.19. The van der Waals surface area contributed by atoms with E-state index in [-0.39, 0.29) is 12.1 Å². The Hall–Kier alpha value is -3.16. The number of hydrogen-bond donors (Lipinski definition) is 0. The van der Waals surface area contributed by atoms with Gasteiger partial charge in [0.15, 0.2) is 0 Å². The van der Waals surface area contributed by atoms with E-state index in [0.717, 1.165) is 16.9 Å². The molecule has 164 valence electrons. The summed E-state index contributed by atoms with van der Waals surface area (Å²) in [7, 11) is 1.64. The van der Waals surface area contributed by atoms with Crippen molar-refractivity contribution in [2.75, 3.05) is 20.3 Å². The minimum absolute atomic E-state index is 0.182. The molecule has 3 aromatic rings. The molecular weight excluding hydrogens is 396 g/mol. The number of imidazole rings is 1. The third-order valence-electron chi connectivity index (χ3n) is 4.63. The van der Waals surface area contributed by atoms with E-state index in [1.807, 2.05) is 47.2 Å². The number of nitrogens with zero attached hydrogens (tertiary/aromatic N) is 2. The fraction of sp³-hybridized carbons (Fsp3) is 0.333. The van der Waals surface area contributed by atoms with Crippen molar-refractivity contribution in [2.45, 2.75) is 32.8 Å². The topological polar surface area (TPSA) is 71.8 Å². The second-order valence-electron chi connectivity index (χ2n) is 6.98. The molecule has 7 nitrogen and oxygen atoms in total. The van der Waals surface area contributed by atoms with Crippen molar-refractivity contribution < 1.29 is 23.7 Å². The van der Waals surface area contributed by atoms with E-state index in [9.17, 15) is 4.79 Å². The van der Waals surface area contributed by atoms with Gasteiger partial charge in [-0.2, -0.15) is 0 Å². The standard InChI is InChI=1S/C24H28N2O5/c1-3-30-24(27)21-6-4-5-20(13-21)16-31-23(14-26-12-11-25-18-26)17-29-15-19-7-9-22(28-2)10-8-19/h4-13,18,23H,3,14-17H2,1-2H3. The van der Waals surface area contributed by atoms with E-state index >= 15 is 0 Å². The maximum Gasteiger partial charge on any atom is 0.338 e. The second kappa shape index (κ2) is 11.9. The van der Waals surface area contributed by atoms with Gasteiger partial charge in [0.25, 0.3) is 0 Å². The van der Waals surface area contributed by atoms with Gasteiger partial charge < -0.3 is 23.5 Å². The molecule has 3 rings (SSSR count). The lowest BCUT2D eigenvalue weighted by molar-refractivity contribution is -0.0373. The molecule has 0 saturated carbocycles. The highest BCUT2D eigenvalue weighted by Crippen LogP contribution is 2.14. The van der Waals surface area contributed by atoms with Crippen LogP contribution in [0.1, 0.15) is 28.4 Å². The first-order valence-electron chi connectivity index (χ1n) is 10.2. The molecule has 0 fully saturated rings. The van der Waals surface area contributed by atoms with Crippen molar-refractivity contribution in [1.82, 2.24) is 9.55 Å². The molecular formula is C24H28N2O5. The molecule has 0 aliphatic rings. The van der Waals surface area contributed by atoms with Crippen molar-refractivity contribution in [3.8, 4) is 5.75 Å². The monoisotopic (exact) mass is 424 g/mol. The van der Waals surface area contributed by atoms with E-state index in [1.54, 1.807) is 38.7 Å². The van der Waals surface area contributed by atoms with Gasteiger partial charge in [0.2, 0.25) is 0 Å². The summed E-state index contributed by atoms with van der Waals surface area (Å²) in [5.41, 5.74) is 2.48. The molecule has 1 atom stereocenters. The van der Waals surface area contributed by atoms with Gasteiger partial charge in [-0.05, 0) is 42.3 Å². The van der Waals surface area contributed by atoms with Crippen LogP contribution in [0.3, 0.4) is 0 Å². The third-order valence-corrected chi connectivity index (χ3v) is 4.63. The first-order chi connectivity index (χ1) is 15.2. The van der Waals surface area contributed by atoms with Gasteiger partial charge in [-0.15, -0.1) is 0 Å². The smallest absolute Gasteiger partial charge is 0.338 e. The Balaban J connectivity index is 1.57. The first-order valence-corrected chi connectivity index (χ1v) is 10.2. The Bertz CT molecular complexity index is 925. The zero-order chi connectivity index (χ0) is 21.9. The summed E-state index contributed by atoms with van der Waals surface area (Å²) < 4.78 is 24.2. The van der Waals surface area contributed by atoms with Crippen LogP contribution in [0.25, 0.3) is 0 Å². The second-order valence-corrected chi connectivity index (χ2v) is 6.98. The first kappa shape index (κ1) is 22.5. The highest BCUT2D eigenvalue weighted by Gasteiger charge is 2.13. The van der Waals surface area contributed by atoms with Gasteiger partial charge in [-0.3, -0.25) is 0 Å². The van der Waals surface area contributed by atoms with Gasteiger partial charge in [0.05, 0.1) is 58.1 Å². The molecule has 0 aliphatic heterocycles. The van der Waals surface area contributed by atoms with Crippen LogP contribution < -0.4 is 4.74 Å². The van der Waals surface area contributed by atoms with E-state index in [0.29, 0.717) is 38.5 Å². The van der Waals surface area contributed by atoms with Crippen LogP contribution >= 0.6 is 0 Å². The van der Waals surface area contributed by atoms with Crippen LogP contribution in [0.5, 0.6) is 5.75 Å². The molecule has 0 spiro atoms. The number of carbonyl (C=O) groups excluding carboxylic acids is 1. The number of methoxy groups -OCH3 is 1.